The van der Waals surface area contributed by atoms with Gasteiger partial charge in [-0.3, -0.25) is 29.0 Å². The average molecular weight is 587 g/mol. The number of guanidine groups is 1. The number of nitrogens with zero attached hydrogens (tertiary/aromatic N) is 1. The number of hydrogen-bond donors (Lipinski definition) is 7. The molecule has 3 unspecified atom stereocenters. The second-order valence-electron chi connectivity index (χ2n) is 11.0. The van der Waals surface area contributed by atoms with Crippen molar-refractivity contribution in [2.75, 3.05) is 13.1 Å². The van der Waals surface area contributed by atoms with Gasteiger partial charge in [0, 0.05) is 19.0 Å². The van der Waals surface area contributed by atoms with Crippen LogP contribution >= 0.6 is 0 Å². The second-order valence-corrected chi connectivity index (χ2v) is 11.0. The smallest absolute Gasteiger partial charge is 0.247 e. The molecule has 1 fully saturated rings. The van der Waals surface area contributed by atoms with Gasteiger partial charge in [0.05, 0.1) is 0 Å². The molecular weight excluding hydrogens is 540 g/mol. The number of benzene rings is 1. The topological polar surface area (TPSA) is 210 Å². The van der Waals surface area contributed by atoms with E-state index in [1.165, 1.54) is 0 Å². The Hall–Kier alpha value is -4.16. The second kappa shape index (κ2) is 16.3. The van der Waals surface area contributed by atoms with E-state index in [2.05, 4.69) is 31.6 Å². The highest BCUT2D eigenvalue weighted by atomic mass is 16.2. The Morgan fingerprint density at radius 2 is 1.67 bits per heavy atom. The van der Waals surface area contributed by atoms with Crippen LogP contribution in [0.2, 0.25) is 0 Å². The van der Waals surface area contributed by atoms with Crippen molar-refractivity contribution in [3.8, 4) is 0 Å². The molecule has 0 saturated carbocycles. The monoisotopic (exact) mass is 586 g/mol. The summed E-state index contributed by atoms with van der Waals surface area (Å²) in [7, 11) is 0. The Kier molecular flexibility index (Phi) is 13.2. The van der Waals surface area contributed by atoms with Gasteiger partial charge in [-0.15, -0.1) is 0 Å². The molecule has 9 N–H and O–H groups in total. The van der Waals surface area contributed by atoms with Gasteiger partial charge < -0.3 is 38.1 Å². The lowest BCUT2D eigenvalue weighted by molar-refractivity contribution is -0.137. The first-order valence-corrected chi connectivity index (χ1v) is 14.5. The third kappa shape index (κ3) is 10.3. The molecule has 2 rings (SSSR count). The van der Waals surface area contributed by atoms with Gasteiger partial charge in [0.2, 0.25) is 29.5 Å². The van der Waals surface area contributed by atoms with Crippen molar-refractivity contribution < 1.29 is 24.0 Å². The Labute approximate surface area is 247 Å². The van der Waals surface area contributed by atoms with E-state index in [-0.39, 0.29) is 43.6 Å². The zero-order chi connectivity index (χ0) is 31.3. The number of amides is 5. The van der Waals surface area contributed by atoms with Crippen molar-refractivity contribution in [3.05, 3.63) is 35.9 Å². The van der Waals surface area contributed by atoms with Crippen LogP contribution < -0.4 is 38.1 Å². The highest BCUT2D eigenvalue weighted by molar-refractivity contribution is 5.97. The van der Waals surface area contributed by atoms with Crippen molar-refractivity contribution in [2.24, 2.45) is 22.4 Å². The standard InChI is InChI=1S/C29H46N8O5/c1-5-20-24(39)36-22(19-12-7-6-8-13-19)26(41)32-16-10-9-15-29(4,37-23(38)18(2)3)27(42)35-21(25(40)34-20)14-11-17-33-28(30)31/h6-8,12-13,18,20-22H,5,9-11,14-17H2,1-4H3,(H,32,41)(H,34,40)(H,35,42)(H,36,39)(H,37,38)(H4,30,31,33)/t20?,21?,22?,29-/m1/s1. The van der Waals surface area contributed by atoms with Crippen LogP contribution in [0.15, 0.2) is 35.3 Å². The van der Waals surface area contributed by atoms with Gasteiger partial charge in [-0.2, -0.15) is 0 Å². The first-order valence-electron chi connectivity index (χ1n) is 14.5. The minimum Gasteiger partial charge on any atom is -0.370 e. The van der Waals surface area contributed by atoms with E-state index in [0.29, 0.717) is 31.4 Å². The Bertz CT molecular complexity index is 1120. The maximum absolute atomic E-state index is 13.6. The van der Waals surface area contributed by atoms with E-state index in [4.69, 9.17) is 11.5 Å². The summed E-state index contributed by atoms with van der Waals surface area (Å²) in [6, 6.07) is 5.86. The van der Waals surface area contributed by atoms with Crippen molar-refractivity contribution in [2.45, 2.75) is 89.9 Å². The molecule has 0 spiro atoms. The van der Waals surface area contributed by atoms with Gasteiger partial charge in [-0.25, -0.2) is 0 Å². The highest BCUT2D eigenvalue weighted by Crippen LogP contribution is 2.18. The van der Waals surface area contributed by atoms with E-state index in [1.54, 1.807) is 52.0 Å². The summed E-state index contributed by atoms with van der Waals surface area (Å²) in [5.41, 5.74) is 10.1. The van der Waals surface area contributed by atoms with Crippen LogP contribution in [0.3, 0.4) is 0 Å². The maximum Gasteiger partial charge on any atom is 0.247 e. The molecule has 1 saturated heterocycles. The third-order valence-electron chi connectivity index (χ3n) is 7.12. The summed E-state index contributed by atoms with van der Waals surface area (Å²) >= 11 is 0. The zero-order valence-corrected chi connectivity index (χ0v) is 25.0. The lowest BCUT2D eigenvalue weighted by Gasteiger charge is -2.33. The molecule has 0 aromatic heterocycles. The molecule has 4 atom stereocenters. The van der Waals surface area contributed by atoms with Crippen LogP contribution in [0.1, 0.15) is 77.8 Å². The van der Waals surface area contributed by atoms with Crippen LogP contribution in [0.4, 0.5) is 0 Å². The molecule has 13 nitrogen and oxygen atoms in total. The average Bonchev–Trinajstić information content (AvgIpc) is 2.95. The normalized spacial score (nSPS) is 24.5. The number of carbonyl (C=O) groups excluding carboxylic acids is 5. The minimum atomic E-state index is -1.32. The van der Waals surface area contributed by atoms with E-state index >= 15 is 0 Å². The van der Waals surface area contributed by atoms with Gasteiger partial charge in [-0.1, -0.05) is 51.1 Å². The summed E-state index contributed by atoms with van der Waals surface area (Å²) < 4.78 is 0. The van der Waals surface area contributed by atoms with E-state index in [0.717, 1.165) is 0 Å². The fraction of sp³-hybridized carbons (Fsp3) is 0.586. The Morgan fingerprint density at radius 3 is 2.29 bits per heavy atom. The molecule has 0 bridgehead atoms. The molecule has 232 valence electrons. The molecular formula is C29H46N8O5. The van der Waals surface area contributed by atoms with Crippen LogP contribution in [-0.4, -0.2) is 66.2 Å². The van der Waals surface area contributed by atoms with E-state index in [1.807, 2.05) is 6.07 Å². The molecule has 13 heteroatoms. The molecule has 1 aromatic rings. The molecule has 1 aliphatic heterocycles. The van der Waals surface area contributed by atoms with Crippen molar-refractivity contribution in [1.82, 2.24) is 26.6 Å². The Morgan fingerprint density at radius 1 is 1.00 bits per heavy atom. The molecule has 42 heavy (non-hydrogen) atoms. The summed E-state index contributed by atoms with van der Waals surface area (Å²) in [5, 5.41) is 14.0. The molecule has 1 aromatic carbocycles. The van der Waals surface area contributed by atoms with Gasteiger partial charge in [0.1, 0.15) is 23.7 Å². The molecule has 0 aliphatic carbocycles. The maximum atomic E-state index is 13.6. The largest absolute Gasteiger partial charge is 0.370 e. The summed E-state index contributed by atoms with van der Waals surface area (Å²) in [6.07, 6.45) is 2.05. The lowest BCUT2D eigenvalue weighted by Crippen LogP contribution is -2.62. The number of carbonyl (C=O) groups is 5. The van der Waals surface area contributed by atoms with Crippen molar-refractivity contribution in [3.63, 3.8) is 0 Å². The van der Waals surface area contributed by atoms with Crippen molar-refractivity contribution in [1.29, 1.82) is 0 Å². The lowest BCUT2D eigenvalue weighted by atomic mass is 9.91. The predicted molar refractivity (Wildman–Crippen MR) is 160 cm³/mol. The fourth-order valence-electron chi connectivity index (χ4n) is 4.47. The number of hydrogen-bond acceptors (Lipinski definition) is 6. The summed E-state index contributed by atoms with van der Waals surface area (Å²) in [6.45, 7) is 7.32. The summed E-state index contributed by atoms with van der Waals surface area (Å²) in [4.78, 5) is 70.2. The Balaban J connectivity index is 2.42. The molecule has 1 aliphatic rings. The third-order valence-corrected chi connectivity index (χ3v) is 7.12. The minimum absolute atomic E-state index is 0.0924. The van der Waals surface area contributed by atoms with Crippen LogP contribution in [0.5, 0.6) is 0 Å². The van der Waals surface area contributed by atoms with Gasteiger partial charge in [0.15, 0.2) is 5.96 Å². The van der Waals surface area contributed by atoms with Gasteiger partial charge in [-0.05, 0) is 51.0 Å². The van der Waals surface area contributed by atoms with Crippen LogP contribution in [0.25, 0.3) is 0 Å². The highest BCUT2D eigenvalue weighted by Gasteiger charge is 2.38. The fourth-order valence-corrected chi connectivity index (χ4v) is 4.47. The van der Waals surface area contributed by atoms with Crippen LogP contribution in [0, 0.1) is 5.92 Å². The number of nitrogens with two attached hydrogens (primary N) is 2. The number of aliphatic imine (C=N–C) groups is 1. The predicted octanol–water partition coefficient (Wildman–Crippen LogP) is 0.108. The SMILES string of the molecule is CCC1NC(=O)C(CCCN=C(N)N)NC(=O)[C@](C)(NC(=O)C(C)C)CCCCNC(=O)C(c2ccccc2)NC1=O. The van der Waals surface area contributed by atoms with E-state index in [9.17, 15) is 24.0 Å². The van der Waals surface area contributed by atoms with Crippen LogP contribution in [-0.2, 0) is 24.0 Å². The summed E-state index contributed by atoms with van der Waals surface area (Å²) in [5.74, 6) is -2.82. The first-order chi connectivity index (χ1) is 19.9. The number of nitrogens with one attached hydrogen (secondary N) is 5. The molecule has 0 radical (unpaired) electrons. The zero-order valence-electron chi connectivity index (χ0n) is 25.0. The van der Waals surface area contributed by atoms with Gasteiger partial charge in [0.25, 0.3) is 0 Å². The van der Waals surface area contributed by atoms with E-state index < -0.39 is 47.3 Å². The molecule has 1 heterocycles. The van der Waals surface area contributed by atoms with Crippen molar-refractivity contribution >= 4 is 35.5 Å². The van der Waals surface area contributed by atoms with Gasteiger partial charge >= 0.3 is 0 Å². The molecule has 5 amide bonds. The first kappa shape index (κ1) is 34.0. The quantitative estimate of drug-likeness (QED) is 0.127. The number of rotatable bonds is 8.